The first-order valence-corrected chi connectivity index (χ1v) is 56.4. The summed E-state index contributed by atoms with van der Waals surface area (Å²) in [5, 5.41) is 4.23. The number of carbonyl (C=O) groups excluding carboxylic acids is 4. The van der Waals surface area contributed by atoms with Gasteiger partial charge in [0.25, 0.3) is 0 Å². The summed E-state index contributed by atoms with van der Waals surface area (Å²) in [5.41, 5.74) is 15.4. The Labute approximate surface area is 797 Å². The molecule has 778 valence electrons. The Morgan fingerprint density at radius 1 is 0.255 bits per heavy atom. The van der Waals surface area contributed by atoms with Crippen LogP contribution in [0.5, 0.6) is 0 Å². The second-order valence-electron chi connectivity index (χ2n) is 26.6. The lowest BCUT2D eigenvalue weighted by atomic mass is 10.2. The van der Waals surface area contributed by atoms with Crippen molar-refractivity contribution in [2.24, 2.45) is 0 Å². The Morgan fingerprint density at radius 2 is 0.409 bits per heavy atom. The van der Waals surface area contributed by atoms with Crippen molar-refractivity contribution in [1.82, 2.24) is 0 Å². The molecule has 0 aliphatic carbocycles. The first-order valence-electron chi connectivity index (χ1n) is 42.3. The fourth-order valence-corrected chi connectivity index (χ4v) is 29.7. The van der Waals surface area contributed by atoms with Gasteiger partial charge in [-0.05, 0) is 217 Å². The number of carbonyl (C=O) groups is 4. The first-order chi connectivity index (χ1) is 64.0. The molecule has 137 heavy (non-hydrogen) atoms. The Bertz CT molecular complexity index is 4760. The molecule has 0 aliphatic rings. The van der Waals surface area contributed by atoms with Gasteiger partial charge in [0.2, 0.25) is 0 Å². The predicted molar refractivity (Wildman–Crippen MR) is 501 cm³/mol. The van der Waals surface area contributed by atoms with E-state index in [1.54, 1.807) is 168 Å². The highest BCUT2D eigenvalue weighted by Gasteiger charge is 2.54. The minimum atomic E-state index is -5.06. The molecule has 0 saturated carbocycles. The molecule has 0 saturated heterocycles. The molecule has 0 bridgehead atoms. The van der Waals surface area contributed by atoms with Gasteiger partial charge >= 0.3 is 109 Å². The standard InChI is InChI=1S/C17H26F3NO7P2.C15H27NO6P2.C13H16BrF3NO4P.2C13H17F3NO4P.C11H18NO3P/c1-5-25-29(23,26-6-2)15(30(24,27-7-3)28-8-4)13-9-11-14(12-10-13)21-16(22)17(18,19)20;1-5-19-23(17,20-6-2)15(13-9-11-14(16)12-10-13)24(18,21-7-3)22-8-4;1-3-21-23(20,22-4-2)11(14)9-5-7-10(8-6-9)18-12(19)13(15,16)17;2*1-3-20-22(19,21-4-2)9-10-5-7-11(8-6-10)17-12(18)13(14,15)16;1-3-14-16(13,15-4-2)9-10-5-7-11(12)8-6-10/h9-12,15H,5-8H2,1-4H3,(H,21,22);9-12,15H,5-8,16H2,1-4H3;5-8,11H,3-4H2,1-2H3,(H,18,19);2*5-8H,3-4,9H2,1-2H3,(H,17,18);5-8H,3-4,9,12H2,1-2H3. The van der Waals surface area contributed by atoms with Crippen LogP contribution in [0.25, 0.3) is 0 Å². The molecule has 0 heterocycles. The topological polar surface area (TPSA) is 453 Å². The highest BCUT2D eigenvalue weighted by Crippen LogP contribution is 2.80. The maximum Gasteiger partial charge on any atom is 0.471 e. The van der Waals surface area contributed by atoms with Crippen molar-refractivity contribution in [3.05, 3.63) is 179 Å². The van der Waals surface area contributed by atoms with E-state index in [9.17, 15) is 108 Å². The van der Waals surface area contributed by atoms with E-state index < -0.39 is 124 Å². The number of anilines is 6. The van der Waals surface area contributed by atoms with Crippen LogP contribution in [0.3, 0.4) is 0 Å². The van der Waals surface area contributed by atoms with Gasteiger partial charge in [-0.15, -0.1) is 0 Å². The summed E-state index contributed by atoms with van der Waals surface area (Å²) in [4.78, 5) is 43.6. The van der Waals surface area contributed by atoms with E-state index in [1.807, 2.05) is 12.1 Å². The lowest BCUT2D eigenvalue weighted by Crippen LogP contribution is -2.29. The van der Waals surface area contributed by atoms with Crippen LogP contribution in [0.4, 0.5) is 86.8 Å². The molecular weight excluding hydrogens is 2070 g/mol. The van der Waals surface area contributed by atoms with Gasteiger partial charge in [0.1, 0.15) is 4.57 Å². The zero-order valence-corrected chi connectivity index (χ0v) is 86.8. The first kappa shape index (κ1) is 129. The van der Waals surface area contributed by atoms with E-state index in [0.29, 0.717) is 46.8 Å². The van der Waals surface area contributed by atoms with Gasteiger partial charge in [0.15, 0.2) is 10.8 Å². The number of amides is 4. The van der Waals surface area contributed by atoms with Crippen molar-refractivity contribution in [2.45, 2.75) is 169 Å². The third kappa shape index (κ3) is 45.8. The molecule has 0 aromatic heterocycles. The number of halogens is 13. The molecule has 0 aliphatic heterocycles. The number of hydrogen-bond donors (Lipinski definition) is 6. The summed E-state index contributed by atoms with van der Waals surface area (Å²) in [6, 6.07) is 35.0. The maximum atomic E-state index is 13.5. The van der Waals surface area contributed by atoms with Gasteiger partial charge in [-0.3, -0.25) is 55.7 Å². The fraction of sp³-hybridized carbons (Fsp3) is 0.512. The molecule has 0 fully saturated rings. The van der Waals surface area contributed by atoms with Gasteiger partial charge < -0.3 is 105 Å². The van der Waals surface area contributed by atoms with E-state index in [0.717, 1.165) is 17.7 Å². The van der Waals surface area contributed by atoms with Crippen LogP contribution in [-0.2, 0) is 147 Å². The van der Waals surface area contributed by atoms with E-state index in [-0.39, 0.29) is 139 Å². The van der Waals surface area contributed by atoms with Crippen molar-refractivity contribution >= 4 is 134 Å². The average Bonchev–Trinajstić information content (AvgIpc) is 0.766. The molecule has 0 radical (unpaired) electrons. The Hall–Kier alpha value is -6.36. The average molecular weight is 2190 g/mol. The molecule has 6 aromatic rings. The molecule has 1 atom stereocenters. The highest BCUT2D eigenvalue weighted by molar-refractivity contribution is 9.10. The number of alkyl halides is 13. The SMILES string of the molecule is CCOP(=O)(Cc1ccc(N)cc1)OCC.CCOP(=O)(Cc1ccc(NC(=O)C(F)(F)F)cc1)OCC.CCOP(=O)(Cc1ccc(NC(=O)C(F)(F)F)cc1)OCC.CCOP(=O)(OCC)C(Br)c1ccc(NC(=O)C(F)(F)F)cc1.CCOP(=O)(OCC)C(c1ccc(N)cc1)P(=O)(OCC)OCC.CCOP(=O)(OCC)C(c1ccc(NC(=O)C(F)(F)F)cc1)P(=O)(OCC)OCC. The van der Waals surface area contributed by atoms with Gasteiger partial charge in [-0.1, -0.05) is 88.7 Å². The molecule has 55 heteroatoms. The summed E-state index contributed by atoms with van der Waals surface area (Å²) in [6.07, 6.45) is -19.6. The second kappa shape index (κ2) is 62.3. The van der Waals surface area contributed by atoms with Crippen LogP contribution in [0.2, 0.25) is 0 Å². The van der Waals surface area contributed by atoms with Crippen molar-refractivity contribution in [3.8, 4) is 0 Å². The molecule has 1 unspecified atom stereocenters. The monoisotopic (exact) mass is 2190 g/mol. The highest BCUT2D eigenvalue weighted by atomic mass is 79.9. The van der Waals surface area contributed by atoms with Crippen molar-refractivity contribution < 1.29 is 181 Å². The van der Waals surface area contributed by atoms with E-state index in [4.69, 9.17) is 83.8 Å². The summed E-state index contributed by atoms with van der Waals surface area (Å²) >= 11 is 3.24. The lowest BCUT2D eigenvalue weighted by Gasteiger charge is -2.31. The van der Waals surface area contributed by atoms with Crippen molar-refractivity contribution in [3.63, 3.8) is 0 Å². The number of nitrogens with two attached hydrogens (primary N) is 2. The fourth-order valence-electron chi connectivity index (χ4n) is 11.1. The van der Waals surface area contributed by atoms with E-state index >= 15 is 0 Å². The summed E-state index contributed by atoms with van der Waals surface area (Å²) in [5.74, 6) is -8.30. The molecule has 6 aromatic carbocycles. The largest absolute Gasteiger partial charge is 0.471 e. The van der Waals surface area contributed by atoms with Crippen LogP contribution in [0.15, 0.2) is 146 Å². The number of benzene rings is 6. The Kier molecular flexibility index (Phi) is 58.5. The lowest BCUT2D eigenvalue weighted by molar-refractivity contribution is -0.167. The quantitative estimate of drug-likeness (QED) is 0.00894. The minimum Gasteiger partial charge on any atom is -0.399 e. The van der Waals surface area contributed by atoms with Crippen LogP contribution in [-0.4, -0.2) is 154 Å². The normalized spacial score (nSPS) is 12.6. The molecule has 0 spiro atoms. The second-order valence-corrected chi connectivity index (χ2v) is 45.8. The number of rotatable bonds is 50. The van der Waals surface area contributed by atoms with Crippen LogP contribution >= 0.6 is 76.7 Å². The Morgan fingerprint density at radius 3 is 0.591 bits per heavy atom. The van der Waals surface area contributed by atoms with Gasteiger partial charge in [0.05, 0.1) is 124 Å². The maximum absolute atomic E-state index is 13.5. The predicted octanol–water partition coefficient (Wildman–Crippen LogP) is 26.3. The molecule has 34 nitrogen and oxygen atoms in total. The third-order valence-electron chi connectivity index (χ3n) is 16.2. The summed E-state index contributed by atoms with van der Waals surface area (Å²) in [6.45, 7) is 29.2. The van der Waals surface area contributed by atoms with E-state index in [1.165, 1.54) is 84.9 Å². The van der Waals surface area contributed by atoms with Crippen molar-refractivity contribution in [2.75, 3.05) is 138 Å². The zero-order valence-electron chi connectivity index (χ0n) is 78.1. The smallest absolute Gasteiger partial charge is 0.399 e. The van der Waals surface area contributed by atoms with Crippen LogP contribution in [0, 0.1) is 0 Å². The van der Waals surface area contributed by atoms with Gasteiger partial charge in [-0.2, -0.15) is 52.7 Å². The Balaban J connectivity index is 0.000000828. The molecule has 6 rings (SSSR count). The molecule has 4 amide bonds. The number of nitrogen functional groups attached to an aromatic ring is 2. The summed E-state index contributed by atoms with van der Waals surface area (Å²) in [7, 11) is -28.8. The minimum absolute atomic E-state index is 0.00216. The van der Waals surface area contributed by atoms with Gasteiger partial charge in [-0.25, -0.2) is 0 Å². The van der Waals surface area contributed by atoms with Crippen molar-refractivity contribution in [1.29, 1.82) is 0 Å². The molecular formula is C82H121BrF12N6O28P8. The summed E-state index contributed by atoms with van der Waals surface area (Å²) < 4.78 is 333. The van der Waals surface area contributed by atoms with E-state index in [2.05, 4.69) is 15.9 Å². The van der Waals surface area contributed by atoms with Crippen LogP contribution in [0.1, 0.15) is 160 Å². The molecule has 8 N–H and O–H groups in total. The third-order valence-corrected chi connectivity index (χ3v) is 38.4. The number of hydrogen-bond acceptors (Lipinski definition) is 30. The van der Waals surface area contributed by atoms with Gasteiger partial charge in [0, 0.05) is 34.1 Å². The van der Waals surface area contributed by atoms with Crippen LogP contribution < -0.4 is 32.7 Å². The number of nitrogens with one attached hydrogen (secondary N) is 4. The zero-order chi connectivity index (χ0) is 105.